The second kappa shape index (κ2) is 3.80. The van der Waals surface area contributed by atoms with Gasteiger partial charge in [0.05, 0.1) is 0 Å². The average Bonchev–Trinajstić information content (AvgIpc) is 2.67. The van der Waals surface area contributed by atoms with Gasteiger partial charge in [0, 0.05) is 12.5 Å². The molecule has 14 heavy (non-hydrogen) atoms. The van der Waals surface area contributed by atoms with Crippen molar-refractivity contribution >= 4 is 5.91 Å². The Bertz CT molecular complexity index is 323. The summed E-state index contributed by atoms with van der Waals surface area (Å²) in [7, 11) is 0. The molecule has 1 heterocycles. The Kier molecular flexibility index (Phi) is 2.50. The summed E-state index contributed by atoms with van der Waals surface area (Å²) in [5.74, 6) is -0.231. The Morgan fingerprint density at radius 2 is 2.07 bits per heavy atom. The van der Waals surface area contributed by atoms with Crippen molar-refractivity contribution in [1.29, 1.82) is 0 Å². The summed E-state index contributed by atoms with van der Waals surface area (Å²) in [6, 6.07) is 9.90. The number of ether oxygens (including phenoxy) is 1. The van der Waals surface area contributed by atoms with Gasteiger partial charge in [0.25, 0.3) is 0 Å². The molecule has 1 saturated heterocycles. The van der Waals surface area contributed by atoms with E-state index >= 15 is 0 Å². The number of primary amides is 1. The van der Waals surface area contributed by atoms with Crippen LogP contribution in [-0.4, -0.2) is 18.6 Å². The molecule has 1 amide bonds. The van der Waals surface area contributed by atoms with E-state index in [4.69, 9.17) is 10.5 Å². The number of nitrogens with two attached hydrogens (primary N) is 1. The number of benzene rings is 1. The van der Waals surface area contributed by atoms with Gasteiger partial charge in [0.2, 0.25) is 5.91 Å². The molecular weight excluding hydrogens is 178 g/mol. The van der Waals surface area contributed by atoms with Crippen LogP contribution in [0.4, 0.5) is 0 Å². The molecule has 0 radical (unpaired) electrons. The van der Waals surface area contributed by atoms with Gasteiger partial charge in [0.1, 0.15) is 6.10 Å². The lowest BCUT2D eigenvalue weighted by molar-refractivity contribution is -0.127. The number of carbonyl (C=O) groups is 1. The molecule has 1 aliphatic rings. The first kappa shape index (κ1) is 9.21. The van der Waals surface area contributed by atoms with Crippen LogP contribution >= 0.6 is 0 Å². The van der Waals surface area contributed by atoms with E-state index in [0.717, 1.165) is 12.0 Å². The standard InChI is InChI=1S/C11H13NO2/c12-11(13)10-9(6-7-14-10)8-4-2-1-3-5-8/h1-5,9-10H,6-7H2,(H2,12,13)/t9-,10-/m1/s1. The van der Waals surface area contributed by atoms with Crippen molar-refractivity contribution in [2.24, 2.45) is 5.73 Å². The first-order chi connectivity index (χ1) is 6.79. The fourth-order valence-corrected chi connectivity index (χ4v) is 1.91. The van der Waals surface area contributed by atoms with Gasteiger partial charge in [-0.05, 0) is 12.0 Å². The highest BCUT2D eigenvalue weighted by molar-refractivity contribution is 5.80. The van der Waals surface area contributed by atoms with E-state index in [1.54, 1.807) is 0 Å². The molecule has 3 heteroatoms. The van der Waals surface area contributed by atoms with Crippen molar-refractivity contribution in [3.8, 4) is 0 Å². The molecule has 2 N–H and O–H groups in total. The Balaban J connectivity index is 2.22. The maximum absolute atomic E-state index is 11.1. The summed E-state index contributed by atoms with van der Waals surface area (Å²) < 4.78 is 5.31. The van der Waals surface area contributed by atoms with Crippen LogP contribution in [0.5, 0.6) is 0 Å². The maximum atomic E-state index is 11.1. The van der Waals surface area contributed by atoms with Crippen LogP contribution in [0, 0.1) is 0 Å². The van der Waals surface area contributed by atoms with E-state index in [1.165, 1.54) is 0 Å². The zero-order valence-electron chi connectivity index (χ0n) is 7.85. The SMILES string of the molecule is NC(=O)[C@@H]1OCC[C@@H]1c1ccccc1. The number of amides is 1. The fraction of sp³-hybridized carbons (Fsp3) is 0.364. The average molecular weight is 191 g/mol. The van der Waals surface area contributed by atoms with Gasteiger partial charge in [0.15, 0.2) is 0 Å². The molecule has 0 spiro atoms. The Morgan fingerprint density at radius 3 is 2.71 bits per heavy atom. The van der Waals surface area contributed by atoms with E-state index in [9.17, 15) is 4.79 Å². The molecule has 0 unspecified atom stereocenters. The third-order valence-corrected chi connectivity index (χ3v) is 2.60. The number of hydrogen-bond acceptors (Lipinski definition) is 2. The summed E-state index contributed by atoms with van der Waals surface area (Å²) in [6.07, 6.45) is 0.426. The quantitative estimate of drug-likeness (QED) is 0.759. The smallest absolute Gasteiger partial charge is 0.247 e. The molecule has 1 fully saturated rings. The minimum absolute atomic E-state index is 0.133. The molecule has 0 saturated carbocycles. The molecule has 2 rings (SSSR count). The molecule has 0 bridgehead atoms. The van der Waals surface area contributed by atoms with E-state index < -0.39 is 6.10 Å². The van der Waals surface area contributed by atoms with Crippen LogP contribution < -0.4 is 5.73 Å². The second-order valence-corrected chi connectivity index (χ2v) is 3.50. The van der Waals surface area contributed by atoms with Crippen molar-refractivity contribution < 1.29 is 9.53 Å². The largest absolute Gasteiger partial charge is 0.368 e. The summed E-state index contributed by atoms with van der Waals surface area (Å²) in [4.78, 5) is 11.1. The predicted octanol–water partition coefficient (Wildman–Crippen LogP) is 1.04. The first-order valence-corrected chi connectivity index (χ1v) is 4.75. The highest BCUT2D eigenvalue weighted by atomic mass is 16.5. The Hall–Kier alpha value is -1.35. The second-order valence-electron chi connectivity index (χ2n) is 3.50. The van der Waals surface area contributed by atoms with Crippen molar-refractivity contribution in [2.45, 2.75) is 18.4 Å². The normalized spacial score (nSPS) is 26.3. The summed E-state index contributed by atoms with van der Waals surface area (Å²) in [5.41, 5.74) is 6.39. The molecule has 1 aromatic rings. The summed E-state index contributed by atoms with van der Waals surface area (Å²) in [6.45, 7) is 0.618. The van der Waals surface area contributed by atoms with Crippen LogP contribution in [-0.2, 0) is 9.53 Å². The first-order valence-electron chi connectivity index (χ1n) is 4.75. The molecule has 1 aliphatic heterocycles. The van der Waals surface area contributed by atoms with Crippen LogP contribution in [0.2, 0.25) is 0 Å². The molecular formula is C11H13NO2. The molecule has 0 aliphatic carbocycles. The fourth-order valence-electron chi connectivity index (χ4n) is 1.91. The van der Waals surface area contributed by atoms with Crippen LogP contribution in [0.15, 0.2) is 30.3 Å². The molecule has 2 atom stereocenters. The Labute approximate surface area is 82.9 Å². The van der Waals surface area contributed by atoms with Gasteiger partial charge in [-0.3, -0.25) is 4.79 Å². The maximum Gasteiger partial charge on any atom is 0.247 e. The molecule has 0 aromatic heterocycles. The number of carbonyl (C=O) groups excluding carboxylic acids is 1. The van der Waals surface area contributed by atoms with Crippen LogP contribution in [0.3, 0.4) is 0 Å². The van der Waals surface area contributed by atoms with Crippen molar-refractivity contribution in [3.05, 3.63) is 35.9 Å². The number of hydrogen-bond donors (Lipinski definition) is 1. The van der Waals surface area contributed by atoms with Crippen LogP contribution in [0.25, 0.3) is 0 Å². The third-order valence-electron chi connectivity index (χ3n) is 2.60. The lowest BCUT2D eigenvalue weighted by Crippen LogP contribution is -2.31. The topological polar surface area (TPSA) is 52.3 Å². The highest BCUT2D eigenvalue weighted by Crippen LogP contribution is 2.30. The molecule has 74 valence electrons. The predicted molar refractivity (Wildman–Crippen MR) is 52.7 cm³/mol. The van der Waals surface area contributed by atoms with Crippen molar-refractivity contribution in [2.75, 3.05) is 6.61 Å². The lowest BCUT2D eigenvalue weighted by Gasteiger charge is -2.15. The molecule has 3 nitrogen and oxygen atoms in total. The van der Waals surface area contributed by atoms with Gasteiger partial charge in [-0.2, -0.15) is 0 Å². The van der Waals surface area contributed by atoms with E-state index in [0.29, 0.717) is 6.61 Å². The van der Waals surface area contributed by atoms with Gasteiger partial charge in [-0.1, -0.05) is 30.3 Å². The monoisotopic (exact) mass is 191 g/mol. The lowest BCUT2D eigenvalue weighted by atomic mass is 9.92. The molecule has 1 aromatic carbocycles. The van der Waals surface area contributed by atoms with E-state index in [2.05, 4.69) is 0 Å². The minimum atomic E-state index is -0.447. The summed E-state index contributed by atoms with van der Waals surface area (Å²) >= 11 is 0. The van der Waals surface area contributed by atoms with Gasteiger partial charge in [-0.25, -0.2) is 0 Å². The van der Waals surface area contributed by atoms with Gasteiger partial charge < -0.3 is 10.5 Å². The third kappa shape index (κ3) is 1.63. The van der Waals surface area contributed by atoms with E-state index in [-0.39, 0.29) is 11.8 Å². The Morgan fingerprint density at radius 1 is 1.36 bits per heavy atom. The van der Waals surface area contributed by atoms with Gasteiger partial charge in [-0.15, -0.1) is 0 Å². The number of rotatable bonds is 2. The minimum Gasteiger partial charge on any atom is -0.368 e. The highest BCUT2D eigenvalue weighted by Gasteiger charge is 2.33. The summed E-state index contributed by atoms with van der Waals surface area (Å²) in [5, 5.41) is 0. The van der Waals surface area contributed by atoms with Crippen molar-refractivity contribution in [1.82, 2.24) is 0 Å². The van der Waals surface area contributed by atoms with Gasteiger partial charge >= 0.3 is 0 Å². The zero-order chi connectivity index (χ0) is 9.97. The van der Waals surface area contributed by atoms with Crippen molar-refractivity contribution in [3.63, 3.8) is 0 Å². The van der Waals surface area contributed by atoms with E-state index in [1.807, 2.05) is 30.3 Å². The zero-order valence-corrected chi connectivity index (χ0v) is 7.85. The van der Waals surface area contributed by atoms with Crippen LogP contribution in [0.1, 0.15) is 17.9 Å².